The molecule has 0 spiro atoms. The van der Waals surface area contributed by atoms with Crippen molar-refractivity contribution in [3.63, 3.8) is 0 Å². The molecule has 0 fully saturated rings. The fourth-order valence-electron chi connectivity index (χ4n) is 2.09. The van der Waals surface area contributed by atoms with Crippen LogP contribution in [-0.4, -0.2) is 29.4 Å². The minimum absolute atomic E-state index is 0.00539. The van der Waals surface area contributed by atoms with Gasteiger partial charge in [-0.25, -0.2) is 4.79 Å². The van der Waals surface area contributed by atoms with Crippen molar-refractivity contribution in [2.75, 3.05) is 13.2 Å². The molecule has 0 bridgehead atoms. The second kappa shape index (κ2) is 4.90. The highest BCUT2D eigenvalue weighted by Gasteiger charge is 2.24. The van der Waals surface area contributed by atoms with Crippen molar-refractivity contribution >= 4 is 5.97 Å². The summed E-state index contributed by atoms with van der Waals surface area (Å²) in [5.74, 6) is -0.0270. The zero-order valence-corrected chi connectivity index (χ0v) is 10.4. The second-order valence-electron chi connectivity index (χ2n) is 4.31. The number of aliphatic hydroxyl groups is 1. The number of hydrogen-bond acceptors (Lipinski definition) is 5. The van der Waals surface area contributed by atoms with Crippen LogP contribution in [-0.2, 0) is 0 Å². The molecule has 0 radical (unpaired) electrons. The van der Waals surface area contributed by atoms with Crippen LogP contribution in [0.15, 0.2) is 34.9 Å². The van der Waals surface area contributed by atoms with Crippen molar-refractivity contribution in [2.45, 2.75) is 6.10 Å². The number of furan rings is 1. The molecular formula is C14H12O6. The van der Waals surface area contributed by atoms with Crippen molar-refractivity contribution in [1.82, 2.24) is 0 Å². The summed E-state index contributed by atoms with van der Waals surface area (Å²) < 4.78 is 15.9. The third-order valence-electron chi connectivity index (χ3n) is 3.06. The number of fused-ring (bicyclic) bond motifs is 1. The van der Waals surface area contributed by atoms with Gasteiger partial charge in [0.2, 0.25) is 0 Å². The average Bonchev–Trinajstić information content (AvgIpc) is 2.95. The summed E-state index contributed by atoms with van der Waals surface area (Å²) >= 11 is 0. The summed E-state index contributed by atoms with van der Waals surface area (Å²) in [6.45, 7) is 0.921. The molecule has 1 aliphatic heterocycles. The molecule has 0 amide bonds. The smallest absolute Gasteiger partial charge is 0.339 e. The minimum atomic E-state index is -1.17. The lowest BCUT2D eigenvalue weighted by Gasteiger charge is -2.20. The number of hydrogen-bond donors (Lipinski definition) is 2. The van der Waals surface area contributed by atoms with E-state index in [0.29, 0.717) is 30.3 Å². The Hall–Kier alpha value is -2.47. The summed E-state index contributed by atoms with van der Waals surface area (Å²) in [5, 5.41) is 19.3. The standard InChI is InChI=1S/C14H12O6/c15-12(13-9(14(16)17)3-4-20-13)8-1-2-10-11(7-8)19-6-5-18-10/h1-4,7,12,15H,5-6H2,(H,16,17). The van der Waals surface area contributed by atoms with Gasteiger partial charge in [0.15, 0.2) is 17.3 Å². The number of carbonyl (C=O) groups is 1. The normalized spacial score (nSPS) is 14.8. The summed E-state index contributed by atoms with van der Waals surface area (Å²) in [7, 11) is 0. The van der Waals surface area contributed by atoms with Gasteiger partial charge in [-0.3, -0.25) is 0 Å². The van der Waals surface area contributed by atoms with Crippen molar-refractivity contribution in [1.29, 1.82) is 0 Å². The molecule has 1 aromatic heterocycles. The van der Waals surface area contributed by atoms with E-state index in [1.807, 2.05) is 0 Å². The fourth-order valence-corrected chi connectivity index (χ4v) is 2.09. The Balaban J connectivity index is 1.96. The van der Waals surface area contributed by atoms with E-state index in [0.717, 1.165) is 0 Å². The monoisotopic (exact) mass is 276 g/mol. The first kappa shape index (κ1) is 12.6. The van der Waals surface area contributed by atoms with E-state index >= 15 is 0 Å². The zero-order chi connectivity index (χ0) is 14.1. The summed E-state index contributed by atoms with van der Waals surface area (Å²) in [6, 6.07) is 6.25. The Bertz CT molecular complexity index is 645. The predicted octanol–water partition coefficient (Wildman–Crippen LogP) is 1.83. The van der Waals surface area contributed by atoms with Gasteiger partial charge in [0.1, 0.15) is 24.9 Å². The van der Waals surface area contributed by atoms with Gasteiger partial charge in [-0.2, -0.15) is 0 Å². The quantitative estimate of drug-likeness (QED) is 0.889. The molecule has 1 aliphatic rings. The van der Waals surface area contributed by atoms with E-state index in [-0.39, 0.29) is 11.3 Å². The van der Waals surface area contributed by atoms with Crippen molar-refractivity contribution in [3.05, 3.63) is 47.4 Å². The molecular weight excluding hydrogens is 264 g/mol. The first-order valence-electron chi connectivity index (χ1n) is 6.05. The SMILES string of the molecule is O=C(O)c1ccoc1C(O)c1ccc2c(c1)OCCO2. The topological polar surface area (TPSA) is 89.1 Å². The third kappa shape index (κ3) is 2.10. The average molecular weight is 276 g/mol. The van der Waals surface area contributed by atoms with Gasteiger partial charge in [-0.1, -0.05) is 6.07 Å². The Morgan fingerprint density at radius 3 is 2.65 bits per heavy atom. The highest BCUT2D eigenvalue weighted by molar-refractivity contribution is 5.88. The lowest BCUT2D eigenvalue weighted by atomic mass is 10.0. The lowest BCUT2D eigenvalue weighted by molar-refractivity contribution is 0.0687. The first-order valence-corrected chi connectivity index (χ1v) is 6.05. The molecule has 104 valence electrons. The van der Waals surface area contributed by atoms with E-state index in [2.05, 4.69) is 0 Å². The maximum absolute atomic E-state index is 11.0. The highest BCUT2D eigenvalue weighted by atomic mass is 16.6. The van der Waals surface area contributed by atoms with Gasteiger partial charge in [0.25, 0.3) is 0 Å². The fraction of sp³-hybridized carbons (Fsp3) is 0.214. The van der Waals surface area contributed by atoms with Gasteiger partial charge >= 0.3 is 5.97 Å². The number of carboxylic acid groups (broad SMARTS) is 1. The molecule has 2 N–H and O–H groups in total. The zero-order valence-electron chi connectivity index (χ0n) is 10.4. The van der Waals surface area contributed by atoms with Gasteiger partial charge in [0, 0.05) is 0 Å². The molecule has 0 saturated carbocycles. The maximum atomic E-state index is 11.0. The first-order chi connectivity index (χ1) is 9.66. The summed E-state index contributed by atoms with van der Waals surface area (Å²) in [5.41, 5.74) is 0.416. The van der Waals surface area contributed by atoms with E-state index in [4.69, 9.17) is 19.0 Å². The van der Waals surface area contributed by atoms with Gasteiger partial charge in [0.05, 0.1) is 6.26 Å². The van der Waals surface area contributed by atoms with Crippen LogP contribution in [0, 0.1) is 0 Å². The van der Waals surface area contributed by atoms with Crippen LogP contribution in [0.2, 0.25) is 0 Å². The van der Waals surface area contributed by atoms with Crippen LogP contribution in [0.3, 0.4) is 0 Å². The molecule has 2 heterocycles. The number of aromatic carboxylic acids is 1. The number of rotatable bonds is 3. The van der Waals surface area contributed by atoms with E-state index < -0.39 is 12.1 Å². The van der Waals surface area contributed by atoms with Crippen molar-refractivity contribution in [3.8, 4) is 11.5 Å². The number of benzene rings is 1. The number of aliphatic hydroxyl groups excluding tert-OH is 1. The van der Waals surface area contributed by atoms with Gasteiger partial charge in [-0.15, -0.1) is 0 Å². The van der Waals surface area contributed by atoms with E-state index in [9.17, 15) is 9.90 Å². The molecule has 20 heavy (non-hydrogen) atoms. The maximum Gasteiger partial charge on any atom is 0.339 e. The van der Waals surface area contributed by atoms with Crippen molar-refractivity contribution in [2.24, 2.45) is 0 Å². The van der Waals surface area contributed by atoms with Crippen LogP contribution in [0.4, 0.5) is 0 Å². The van der Waals surface area contributed by atoms with Gasteiger partial charge in [-0.05, 0) is 23.8 Å². The Labute approximate surface area is 114 Å². The third-order valence-corrected chi connectivity index (χ3v) is 3.06. The molecule has 0 aliphatic carbocycles. The number of ether oxygens (including phenoxy) is 2. The van der Waals surface area contributed by atoms with Crippen LogP contribution in [0.25, 0.3) is 0 Å². The molecule has 3 rings (SSSR count). The molecule has 2 aromatic rings. The molecule has 6 heteroatoms. The minimum Gasteiger partial charge on any atom is -0.486 e. The second-order valence-corrected chi connectivity index (χ2v) is 4.31. The lowest BCUT2D eigenvalue weighted by Crippen LogP contribution is -2.15. The predicted molar refractivity (Wildman–Crippen MR) is 67.2 cm³/mol. The molecule has 1 aromatic carbocycles. The molecule has 1 unspecified atom stereocenters. The van der Waals surface area contributed by atoms with Crippen LogP contribution in [0.1, 0.15) is 27.8 Å². The summed E-state index contributed by atoms with van der Waals surface area (Å²) in [6.07, 6.45) is 0.0620. The summed E-state index contributed by atoms with van der Waals surface area (Å²) in [4.78, 5) is 11.0. The van der Waals surface area contributed by atoms with Crippen molar-refractivity contribution < 1.29 is 28.9 Å². The van der Waals surface area contributed by atoms with Crippen LogP contribution >= 0.6 is 0 Å². The van der Waals surface area contributed by atoms with Gasteiger partial charge < -0.3 is 24.1 Å². The largest absolute Gasteiger partial charge is 0.486 e. The van der Waals surface area contributed by atoms with E-state index in [1.165, 1.54) is 12.3 Å². The Morgan fingerprint density at radius 1 is 1.15 bits per heavy atom. The highest BCUT2D eigenvalue weighted by Crippen LogP contribution is 2.35. The van der Waals surface area contributed by atoms with E-state index in [1.54, 1.807) is 18.2 Å². The molecule has 6 nitrogen and oxygen atoms in total. The Morgan fingerprint density at radius 2 is 1.90 bits per heavy atom. The molecule has 1 atom stereocenters. The molecule has 0 saturated heterocycles. The van der Waals surface area contributed by atoms with Crippen LogP contribution < -0.4 is 9.47 Å². The number of carboxylic acids is 1. The Kier molecular flexibility index (Phi) is 3.08. The van der Waals surface area contributed by atoms with Crippen LogP contribution in [0.5, 0.6) is 11.5 Å².